The molecule has 0 heterocycles. The molecule has 0 amide bonds. The van der Waals surface area contributed by atoms with Gasteiger partial charge in [0.05, 0.1) is 6.10 Å². The lowest BCUT2D eigenvalue weighted by molar-refractivity contribution is -0.140. The molecule has 1 aromatic rings. The van der Waals surface area contributed by atoms with Gasteiger partial charge >= 0.3 is 6.18 Å². The van der Waals surface area contributed by atoms with Crippen LogP contribution < -0.4 is 0 Å². The number of hydrogen-bond donors (Lipinski definition) is 1. The van der Waals surface area contributed by atoms with E-state index >= 15 is 0 Å². The van der Waals surface area contributed by atoms with Crippen LogP contribution in [0.4, 0.5) is 13.2 Å². The van der Waals surface area contributed by atoms with Crippen LogP contribution in [0.5, 0.6) is 0 Å². The van der Waals surface area contributed by atoms with Gasteiger partial charge in [0.2, 0.25) is 0 Å². The Morgan fingerprint density at radius 1 is 1.24 bits per heavy atom. The number of rotatable bonds is 4. The lowest BCUT2D eigenvalue weighted by Crippen LogP contribution is -2.11. The summed E-state index contributed by atoms with van der Waals surface area (Å²) in [4.78, 5) is 0. The molecule has 1 fully saturated rings. The van der Waals surface area contributed by atoms with E-state index in [2.05, 4.69) is 0 Å². The maximum absolute atomic E-state index is 12.1. The second-order valence-electron chi connectivity index (χ2n) is 4.57. The Bertz CT molecular complexity index is 382. The second-order valence-corrected chi connectivity index (χ2v) is 4.57. The smallest absolute Gasteiger partial charge is 0.388 e. The van der Waals surface area contributed by atoms with Crippen molar-refractivity contribution >= 4 is 0 Å². The van der Waals surface area contributed by atoms with Crippen molar-refractivity contribution in [1.82, 2.24) is 0 Å². The van der Waals surface area contributed by atoms with E-state index in [-0.39, 0.29) is 6.42 Å². The Labute approximate surface area is 98.3 Å². The molecule has 1 saturated carbocycles. The first-order valence-corrected chi connectivity index (χ1v) is 5.81. The van der Waals surface area contributed by atoms with Gasteiger partial charge in [-0.25, -0.2) is 0 Å². The molecule has 0 aliphatic heterocycles. The Morgan fingerprint density at radius 3 is 2.47 bits per heavy atom. The zero-order valence-corrected chi connectivity index (χ0v) is 9.37. The standard InChI is InChI=1S/C13H15F3O/c14-13(15,16)8-7-12(17)11-4-2-1-3-10(11)9-5-6-9/h1-4,9,12,17H,5-8H2. The van der Waals surface area contributed by atoms with Crippen molar-refractivity contribution in [3.05, 3.63) is 35.4 Å². The molecule has 1 nitrogen and oxygen atoms in total. The summed E-state index contributed by atoms with van der Waals surface area (Å²) in [5.74, 6) is 0.437. The zero-order valence-electron chi connectivity index (χ0n) is 9.37. The highest BCUT2D eigenvalue weighted by molar-refractivity contribution is 5.34. The Balaban J connectivity index is 2.05. The van der Waals surface area contributed by atoms with Crippen molar-refractivity contribution in [2.24, 2.45) is 0 Å². The van der Waals surface area contributed by atoms with Crippen LogP contribution in [-0.4, -0.2) is 11.3 Å². The van der Waals surface area contributed by atoms with E-state index in [1.54, 1.807) is 12.1 Å². The van der Waals surface area contributed by atoms with Gasteiger partial charge in [-0.1, -0.05) is 24.3 Å². The van der Waals surface area contributed by atoms with Crippen LogP contribution in [0.25, 0.3) is 0 Å². The lowest BCUT2D eigenvalue weighted by Gasteiger charge is -2.16. The average molecular weight is 244 g/mol. The summed E-state index contributed by atoms with van der Waals surface area (Å²) in [6.45, 7) is 0. The van der Waals surface area contributed by atoms with E-state index in [1.807, 2.05) is 12.1 Å². The molecule has 1 atom stereocenters. The highest BCUT2D eigenvalue weighted by Crippen LogP contribution is 2.43. The van der Waals surface area contributed by atoms with E-state index in [4.69, 9.17) is 0 Å². The summed E-state index contributed by atoms with van der Waals surface area (Å²) in [5, 5.41) is 9.84. The average Bonchev–Trinajstić information content (AvgIpc) is 3.09. The molecule has 0 bridgehead atoms. The van der Waals surface area contributed by atoms with Gasteiger partial charge in [0.25, 0.3) is 0 Å². The van der Waals surface area contributed by atoms with Crippen molar-refractivity contribution in [3.8, 4) is 0 Å². The number of aliphatic hydroxyl groups is 1. The summed E-state index contributed by atoms with van der Waals surface area (Å²) < 4.78 is 36.3. The van der Waals surface area contributed by atoms with Crippen LogP contribution in [0.1, 0.15) is 48.8 Å². The first-order valence-electron chi connectivity index (χ1n) is 5.81. The quantitative estimate of drug-likeness (QED) is 0.850. The molecule has 2 rings (SSSR count). The first-order chi connectivity index (χ1) is 7.97. The normalized spacial score (nSPS) is 18.1. The molecule has 1 aromatic carbocycles. The Morgan fingerprint density at radius 2 is 1.88 bits per heavy atom. The molecule has 1 aliphatic rings. The van der Waals surface area contributed by atoms with Gasteiger partial charge in [0.15, 0.2) is 0 Å². The summed E-state index contributed by atoms with van der Waals surface area (Å²) in [6.07, 6.45) is -4.25. The molecule has 17 heavy (non-hydrogen) atoms. The molecule has 0 saturated heterocycles. The predicted octanol–water partition coefficient (Wildman–Crippen LogP) is 3.94. The minimum atomic E-state index is -4.20. The van der Waals surface area contributed by atoms with Gasteiger partial charge < -0.3 is 5.11 Å². The van der Waals surface area contributed by atoms with Crippen molar-refractivity contribution in [1.29, 1.82) is 0 Å². The topological polar surface area (TPSA) is 20.2 Å². The first kappa shape index (κ1) is 12.4. The Kier molecular flexibility index (Phi) is 3.43. The summed E-state index contributed by atoms with van der Waals surface area (Å²) in [5.41, 5.74) is 1.68. The number of benzene rings is 1. The summed E-state index contributed by atoms with van der Waals surface area (Å²) >= 11 is 0. The molecule has 1 N–H and O–H groups in total. The molecular weight excluding hydrogens is 229 g/mol. The molecule has 0 aromatic heterocycles. The van der Waals surface area contributed by atoms with E-state index in [0.717, 1.165) is 18.4 Å². The summed E-state index contributed by atoms with van der Waals surface area (Å²) in [7, 11) is 0. The largest absolute Gasteiger partial charge is 0.389 e. The van der Waals surface area contributed by atoms with Crippen molar-refractivity contribution in [2.45, 2.75) is 43.9 Å². The van der Waals surface area contributed by atoms with Crippen LogP contribution >= 0.6 is 0 Å². The molecule has 4 heteroatoms. The second kappa shape index (κ2) is 4.69. The highest BCUT2D eigenvalue weighted by Gasteiger charge is 2.31. The van der Waals surface area contributed by atoms with Gasteiger partial charge in [-0.15, -0.1) is 0 Å². The highest BCUT2D eigenvalue weighted by atomic mass is 19.4. The monoisotopic (exact) mass is 244 g/mol. The van der Waals surface area contributed by atoms with Crippen molar-refractivity contribution < 1.29 is 18.3 Å². The number of hydrogen-bond acceptors (Lipinski definition) is 1. The van der Waals surface area contributed by atoms with Crippen LogP contribution in [0.15, 0.2) is 24.3 Å². The van der Waals surface area contributed by atoms with Crippen LogP contribution in [-0.2, 0) is 0 Å². The zero-order chi connectivity index (χ0) is 12.5. The minimum Gasteiger partial charge on any atom is -0.388 e. The van der Waals surface area contributed by atoms with Gasteiger partial charge in [-0.05, 0) is 36.3 Å². The number of alkyl halides is 3. The van der Waals surface area contributed by atoms with Crippen LogP contribution in [0.2, 0.25) is 0 Å². The van der Waals surface area contributed by atoms with Gasteiger partial charge in [0, 0.05) is 6.42 Å². The fourth-order valence-corrected chi connectivity index (χ4v) is 2.04. The summed E-state index contributed by atoms with van der Waals surface area (Å²) in [6, 6.07) is 7.27. The number of halogens is 3. The van der Waals surface area contributed by atoms with Gasteiger partial charge in [-0.2, -0.15) is 13.2 Å². The minimum absolute atomic E-state index is 0.257. The van der Waals surface area contributed by atoms with E-state index in [1.165, 1.54) is 0 Å². The third kappa shape index (κ3) is 3.46. The fourth-order valence-electron chi connectivity index (χ4n) is 2.04. The van der Waals surface area contributed by atoms with E-state index in [0.29, 0.717) is 11.5 Å². The molecule has 1 aliphatic carbocycles. The molecule has 94 valence electrons. The predicted molar refractivity (Wildman–Crippen MR) is 58.7 cm³/mol. The van der Waals surface area contributed by atoms with Crippen LogP contribution in [0.3, 0.4) is 0 Å². The molecule has 0 spiro atoms. The van der Waals surface area contributed by atoms with Gasteiger partial charge in [0.1, 0.15) is 0 Å². The van der Waals surface area contributed by atoms with Gasteiger partial charge in [-0.3, -0.25) is 0 Å². The third-order valence-corrected chi connectivity index (χ3v) is 3.07. The van der Waals surface area contributed by atoms with E-state index in [9.17, 15) is 18.3 Å². The molecule has 0 radical (unpaired) electrons. The van der Waals surface area contributed by atoms with Crippen LogP contribution in [0, 0.1) is 0 Å². The SMILES string of the molecule is OC(CCC(F)(F)F)c1ccccc1C1CC1. The van der Waals surface area contributed by atoms with E-state index < -0.39 is 18.7 Å². The molecular formula is C13H15F3O. The Hall–Kier alpha value is -1.03. The fraction of sp³-hybridized carbons (Fsp3) is 0.538. The van der Waals surface area contributed by atoms with Crippen molar-refractivity contribution in [2.75, 3.05) is 0 Å². The lowest BCUT2D eigenvalue weighted by atomic mass is 9.96. The maximum atomic E-state index is 12.1. The third-order valence-electron chi connectivity index (χ3n) is 3.07. The molecule has 1 unspecified atom stereocenters. The maximum Gasteiger partial charge on any atom is 0.389 e. The van der Waals surface area contributed by atoms with Crippen molar-refractivity contribution in [3.63, 3.8) is 0 Å². The number of aliphatic hydroxyl groups excluding tert-OH is 1.